The summed E-state index contributed by atoms with van der Waals surface area (Å²) in [4.78, 5) is 31.8. The number of pyridine rings is 2. The van der Waals surface area contributed by atoms with Gasteiger partial charge in [0, 0.05) is 41.6 Å². The van der Waals surface area contributed by atoms with Crippen molar-refractivity contribution >= 4 is 23.4 Å². The lowest BCUT2D eigenvalue weighted by Crippen LogP contribution is -2.21. The maximum absolute atomic E-state index is 14.4. The van der Waals surface area contributed by atoms with E-state index in [0.29, 0.717) is 66.1 Å². The first kappa shape index (κ1) is 38.1. The lowest BCUT2D eigenvalue weighted by atomic mass is 9.94. The highest BCUT2D eigenvalue weighted by molar-refractivity contribution is 6.36. The first-order chi connectivity index (χ1) is 25.4. The summed E-state index contributed by atoms with van der Waals surface area (Å²) in [6.45, 7) is 2.78. The number of methoxy groups -OCH3 is 2. The van der Waals surface area contributed by atoms with E-state index in [-0.39, 0.29) is 24.3 Å². The first-order valence-corrected chi connectivity index (χ1v) is 18.0. The predicted molar refractivity (Wildman–Crippen MR) is 193 cm³/mol. The van der Waals surface area contributed by atoms with E-state index in [1.54, 1.807) is 7.11 Å². The second-order valence-electron chi connectivity index (χ2n) is 13.6. The van der Waals surface area contributed by atoms with Gasteiger partial charge in [0.2, 0.25) is 17.6 Å². The molecule has 0 radical (unpaired) electrons. The molecule has 3 atom stereocenters. The van der Waals surface area contributed by atoms with E-state index >= 15 is 0 Å². The van der Waals surface area contributed by atoms with Crippen LogP contribution in [-0.4, -0.2) is 47.6 Å². The number of aryl methyl sites for hydroxylation is 1. The van der Waals surface area contributed by atoms with Crippen molar-refractivity contribution in [2.24, 2.45) is 11.8 Å². The average molecular weight is 752 g/mol. The number of Topliss-reactive ketones (excluding diaryl/α,β-unsaturated/α-hetero) is 1. The number of ether oxygens (including phenoxy) is 3. The number of hydrogen-bond donors (Lipinski definition) is 2. The van der Waals surface area contributed by atoms with Crippen molar-refractivity contribution < 1.29 is 42.1 Å². The minimum absolute atomic E-state index is 0.0382. The smallest absolute Gasteiger partial charge is 0.421 e. The largest absolute Gasteiger partial charge is 0.481 e. The molecular weight excluding hydrogens is 711 g/mol. The minimum Gasteiger partial charge on any atom is -0.481 e. The van der Waals surface area contributed by atoms with E-state index in [9.17, 15) is 27.9 Å². The maximum atomic E-state index is 14.4. The number of halogens is 4. The Labute approximate surface area is 310 Å². The number of aliphatic carboxylic acids is 1. The monoisotopic (exact) mass is 751 g/mol. The van der Waals surface area contributed by atoms with Gasteiger partial charge in [-0.15, -0.1) is 0 Å². The van der Waals surface area contributed by atoms with Crippen LogP contribution < -0.4 is 19.5 Å². The molecule has 0 bridgehead atoms. The number of nitrogens with zero attached hydrogens (tertiary/aromatic N) is 2. The molecule has 6 rings (SSSR count). The summed E-state index contributed by atoms with van der Waals surface area (Å²) in [6.07, 6.45) is -2.23. The van der Waals surface area contributed by atoms with Crippen LogP contribution in [0.15, 0.2) is 54.6 Å². The Morgan fingerprint density at radius 3 is 2.38 bits per heavy atom. The van der Waals surface area contributed by atoms with Gasteiger partial charge in [0.15, 0.2) is 0 Å². The number of fused-ring (bicyclic) bond motifs is 1. The van der Waals surface area contributed by atoms with E-state index < -0.39 is 35.6 Å². The second kappa shape index (κ2) is 16.1. The number of carboxylic acid groups (broad SMARTS) is 1. The van der Waals surface area contributed by atoms with Gasteiger partial charge in [-0.3, -0.25) is 9.59 Å². The Morgan fingerprint density at radius 1 is 0.962 bits per heavy atom. The molecule has 1 fully saturated rings. The Hall–Kier alpha value is -4.68. The van der Waals surface area contributed by atoms with Crippen LogP contribution in [0.5, 0.6) is 17.6 Å². The van der Waals surface area contributed by atoms with Gasteiger partial charge in [-0.2, -0.15) is 18.2 Å². The SMILES string of the molecule is COc1nc(-c2cccc(-c3cccc4c3CC[C@@H]4Oc3nc(OC)c(CC[C@@H](C)C(=O)O)cc3C(F)(F)F)c2Cl)ccc1CNC[C@@H]1CCC(=O)C1. The van der Waals surface area contributed by atoms with Crippen molar-refractivity contribution in [2.75, 3.05) is 20.8 Å². The number of hydrogen-bond acceptors (Lipinski definition) is 8. The molecule has 0 saturated heterocycles. The molecule has 2 aromatic heterocycles. The average Bonchev–Trinajstić information content (AvgIpc) is 3.75. The van der Waals surface area contributed by atoms with Crippen LogP contribution in [0.2, 0.25) is 5.02 Å². The number of carboxylic acids is 1. The summed E-state index contributed by atoms with van der Waals surface area (Å²) in [5, 5.41) is 13.1. The molecule has 9 nitrogen and oxygen atoms in total. The third-order valence-corrected chi connectivity index (χ3v) is 10.5. The molecule has 2 heterocycles. The van der Waals surface area contributed by atoms with E-state index in [2.05, 4.69) is 10.3 Å². The zero-order valence-corrected chi connectivity index (χ0v) is 30.4. The molecule has 1 saturated carbocycles. The molecule has 280 valence electrons. The molecule has 13 heteroatoms. The molecule has 53 heavy (non-hydrogen) atoms. The Bertz CT molecular complexity index is 2010. The Morgan fingerprint density at radius 2 is 1.68 bits per heavy atom. The van der Waals surface area contributed by atoms with Gasteiger partial charge in [0.1, 0.15) is 17.5 Å². The summed E-state index contributed by atoms with van der Waals surface area (Å²) >= 11 is 7.10. The number of rotatable bonds is 14. The molecule has 0 amide bonds. The fourth-order valence-corrected chi connectivity index (χ4v) is 7.46. The molecule has 2 aliphatic carbocycles. The van der Waals surface area contributed by atoms with Crippen LogP contribution in [-0.2, 0) is 35.2 Å². The Balaban J connectivity index is 1.25. The van der Waals surface area contributed by atoms with Gasteiger partial charge in [-0.05, 0) is 73.4 Å². The van der Waals surface area contributed by atoms with Gasteiger partial charge >= 0.3 is 12.1 Å². The van der Waals surface area contributed by atoms with Crippen LogP contribution >= 0.6 is 11.6 Å². The normalized spacial score (nSPS) is 17.5. The van der Waals surface area contributed by atoms with Gasteiger partial charge in [0.05, 0.1) is 30.9 Å². The van der Waals surface area contributed by atoms with Crippen molar-refractivity contribution in [2.45, 2.75) is 70.7 Å². The number of carbonyl (C=O) groups excluding carboxylic acids is 1. The maximum Gasteiger partial charge on any atom is 0.421 e. The van der Waals surface area contributed by atoms with Crippen molar-refractivity contribution in [1.29, 1.82) is 0 Å². The van der Waals surface area contributed by atoms with Crippen LogP contribution in [0.1, 0.15) is 72.9 Å². The molecular formula is C40H41ClF3N3O6. The molecule has 2 N–H and O–H groups in total. The number of carbonyl (C=O) groups is 2. The van der Waals surface area contributed by atoms with Crippen LogP contribution in [0.25, 0.3) is 22.4 Å². The third kappa shape index (κ3) is 8.44. The van der Waals surface area contributed by atoms with Crippen molar-refractivity contribution in [3.05, 3.63) is 87.4 Å². The lowest BCUT2D eigenvalue weighted by molar-refractivity contribution is -0.141. The zero-order valence-electron chi connectivity index (χ0n) is 29.7. The van der Waals surface area contributed by atoms with E-state index in [1.165, 1.54) is 14.0 Å². The summed E-state index contributed by atoms with van der Waals surface area (Å²) in [5.41, 5.74) is 4.52. The molecule has 0 unspecified atom stereocenters. The van der Waals surface area contributed by atoms with E-state index in [4.69, 9.17) is 30.8 Å². The highest BCUT2D eigenvalue weighted by Crippen LogP contribution is 2.46. The van der Waals surface area contributed by atoms with Crippen molar-refractivity contribution in [3.8, 4) is 40.0 Å². The molecule has 2 aromatic carbocycles. The highest BCUT2D eigenvalue weighted by atomic mass is 35.5. The Kier molecular flexibility index (Phi) is 11.6. The van der Waals surface area contributed by atoms with Crippen LogP contribution in [0, 0.1) is 11.8 Å². The summed E-state index contributed by atoms with van der Waals surface area (Å²) in [7, 11) is 2.87. The third-order valence-electron chi connectivity index (χ3n) is 10.1. The minimum atomic E-state index is -4.78. The van der Waals surface area contributed by atoms with E-state index in [1.807, 2.05) is 48.5 Å². The standard InChI is InChI=1S/C40H41ClF3N3O6/c1-22(39(49)50)10-12-24-19-32(40(42,43)44)38(47-36(24)51-2)53-34-17-15-28-27(6-4-7-29(28)34)30-8-5-9-31(35(30)41)33-16-13-25(37(46-33)52-3)21-45-20-23-11-14-26(48)18-23/h4-9,13,16,19,22-23,34,45H,10-12,14-15,17-18,20-21H2,1-3H3,(H,49,50)/t22-,23-,34+/m1/s1. The quantitative estimate of drug-likeness (QED) is 0.130. The number of nitrogens with one attached hydrogen (secondary N) is 1. The molecule has 2 aliphatic rings. The van der Waals surface area contributed by atoms with Crippen LogP contribution in [0.3, 0.4) is 0 Å². The number of benzene rings is 2. The lowest BCUT2D eigenvalue weighted by Gasteiger charge is -2.21. The van der Waals surface area contributed by atoms with Crippen LogP contribution in [0.4, 0.5) is 13.2 Å². The van der Waals surface area contributed by atoms with Gasteiger partial charge in [-0.25, -0.2) is 4.98 Å². The molecule has 0 aliphatic heterocycles. The fraction of sp³-hybridized carbons (Fsp3) is 0.400. The van der Waals surface area contributed by atoms with Gasteiger partial charge in [-0.1, -0.05) is 61.0 Å². The second-order valence-corrected chi connectivity index (χ2v) is 14.0. The summed E-state index contributed by atoms with van der Waals surface area (Å²) in [6, 6.07) is 16.0. The predicted octanol–water partition coefficient (Wildman–Crippen LogP) is 8.68. The van der Waals surface area contributed by atoms with Crippen molar-refractivity contribution in [1.82, 2.24) is 15.3 Å². The number of aromatic nitrogens is 2. The zero-order chi connectivity index (χ0) is 37.9. The summed E-state index contributed by atoms with van der Waals surface area (Å²) in [5.74, 6) is -1.30. The van der Waals surface area contributed by atoms with E-state index in [0.717, 1.165) is 46.8 Å². The number of alkyl halides is 3. The van der Waals surface area contributed by atoms with Gasteiger partial charge in [0.25, 0.3) is 0 Å². The highest BCUT2D eigenvalue weighted by Gasteiger charge is 2.39. The fourth-order valence-electron chi connectivity index (χ4n) is 7.14. The first-order valence-electron chi connectivity index (χ1n) is 17.6. The molecule has 0 spiro atoms. The van der Waals surface area contributed by atoms with Crippen molar-refractivity contribution in [3.63, 3.8) is 0 Å². The molecule has 4 aromatic rings. The summed E-state index contributed by atoms with van der Waals surface area (Å²) < 4.78 is 60.1. The van der Waals surface area contributed by atoms with Gasteiger partial charge < -0.3 is 24.6 Å². The number of ketones is 1. The topological polar surface area (TPSA) is 120 Å².